The van der Waals surface area contributed by atoms with Gasteiger partial charge in [0, 0.05) is 26.1 Å². The van der Waals surface area contributed by atoms with Crippen molar-refractivity contribution in [2.75, 3.05) is 13.1 Å². The molecule has 0 spiro atoms. The van der Waals surface area contributed by atoms with E-state index in [0.717, 1.165) is 23.9 Å². The largest absolute Gasteiger partial charge is 0.481 e. The molecular weight excluding hydrogens is 306 g/mol. The van der Waals surface area contributed by atoms with Gasteiger partial charge in [-0.25, -0.2) is 4.98 Å². The molecule has 2 fully saturated rings. The van der Waals surface area contributed by atoms with Crippen molar-refractivity contribution < 1.29 is 14.7 Å². The number of aliphatic carboxylic acids is 1. The summed E-state index contributed by atoms with van der Waals surface area (Å²) in [5.41, 5.74) is 1.24. The van der Waals surface area contributed by atoms with Crippen LogP contribution in [0.15, 0.2) is 30.6 Å². The van der Waals surface area contributed by atoms with Crippen molar-refractivity contribution in [1.82, 2.24) is 14.5 Å². The maximum atomic E-state index is 12.6. The molecule has 1 aromatic heterocycles. The lowest BCUT2D eigenvalue weighted by molar-refractivity contribution is -0.149. The number of hydrogen-bond acceptors (Lipinski definition) is 3. The van der Waals surface area contributed by atoms with Crippen LogP contribution in [0.1, 0.15) is 25.7 Å². The first-order valence-electron chi connectivity index (χ1n) is 8.51. The van der Waals surface area contributed by atoms with Gasteiger partial charge in [0.25, 0.3) is 0 Å². The molecule has 1 amide bonds. The van der Waals surface area contributed by atoms with Crippen molar-refractivity contribution in [1.29, 1.82) is 0 Å². The molecule has 2 heterocycles. The molecule has 4 rings (SSSR count). The number of para-hydroxylation sites is 2. The van der Waals surface area contributed by atoms with Gasteiger partial charge in [-0.1, -0.05) is 18.6 Å². The second-order valence-electron chi connectivity index (χ2n) is 7.00. The van der Waals surface area contributed by atoms with Crippen molar-refractivity contribution >= 4 is 22.9 Å². The van der Waals surface area contributed by atoms with Crippen molar-refractivity contribution in [2.24, 2.45) is 11.3 Å². The molecule has 2 atom stereocenters. The highest BCUT2D eigenvalue weighted by Crippen LogP contribution is 2.48. The first-order valence-corrected chi connectivity index (χ1v) is 8.51. The summed E-state index contributed by atoms with van der Waals surface area (Å²) in [4.78, 5) is 30.4. The Morgan fingerprint density at radius 2 is 2.17 bits per heavy atom. The Labute approximate surface area is 140 Å². The van der Waals surface area contributed by atoms with Crippen LogP contribution in [0.4, 0.5) is 0 Å². The molecule has 126 valence electrons. The summed E-state index contributed by atoms with van der Waals surface area (Å²) >= 11 is 0. The van der Waals surface area contributed by atoms with Gasteiger partial charge in [-0.05, 0) is 30.9 Å². The summed E-state index contributed by atoms with van der Waals surface area (Å²) < 4.78 is 1.98. The van der Waals surface area contributed by atoms with Crippen LogP contribution in [0.2, 0.25) is 0 Å². The maximum Gasteiger partial charge on any atom is 0.311 e. The molecule has 0 radical (unpaired) electrons. The fraction of sp³-hybridized carbons (Fsp3) is 0.500. The van der Waals surface area contributed by atoms with Crippen LogP contribution in [0.5, 0.6) is 0 Å². The number of nitrogens with zero attached hydrogens (tertiary/aromatic N) is 3. The second kappa shape index (κ2) is 5.61. The normalized spacial score (nSPS) is 26.0. The Morgan fingerprint density at radius 1 is 1.33 bits per heavy atom. The van der Waals surface area contributed by atoms with Crippen LogP contribution in [0.3, 0.4) is 0 Å². The number of carbonyl (C=O) groups excluding carboxylic acids is 1. The molecule has 1 aliphatic carbocycles. The third-order valence-electron chi connectivity index (χ3n) is 5.74. The van der Waals surface area contributed by atoms with E-state index < -0.39 is 11.4 Å². The van der Waals surface area contributed by atoms with E-state index in [1.54, 1.807) is 11.2 Å². The first kappa shape index (κ1) is 15.2. The summed E-state index contributed by atoms with van der Waals surface area (Å²) in [6.45, 7) is 1.53. The zero-order valence-corrected chi connectivity index (χ0v) is 13.5. The number of likely N-dealkylation sites (tertiary alicyclic amines) is 1. The zero-order chi connectivity index (χ0) is 16.7. The summed E-state index contributed by atoms with van der Waals surface area (Å²) in [5, 5.41) is 9.62. The summed E-state index contributed by atoms with van der Waals surface area (Å²) in [7, 11) is 0. The topological polar surface area (TPSA) is 75.4 Å². The van der Waals surface area contributed by atoms with E-state index in [1.165, 1.54) is 0 Å². The number of benzene rings is 1. The number of amides is 1. The smallest absolute Gasteiger partial charge is 0.311 e. The van der Waals surface area contributed by atoms with E-state index in [2.05, 4.69) is 4.98 Å². The summed E-state index contributed by atoms with van der Waals surface area (Å²) in [6.07, 6.45) is 4.71. The van der Waals surface area contributed by atoms with E-state index in [-0.39, 0.29) is 11.8 Å². The Balaban J connectivity index is 1.43. The molecular formula is C18H21N3O3. The summed E-state index contributed by atoms with van der Waals surface area (Å²) in [5.74, 6) is -0.572. The predicted molar refractivity (Wildman–Crippen MR) is 88.3 cm³/mol. The number of carboxylic acid groups (broad SMARTS) is 1. The van der Waals surface area contributed by atoms with Gasteiger partial charge in [0.15, 0.2) is 0 Å². The van der Waals surface area contributed by atoms with Gasteiger partial charge < -0.3 is 14.6 Å². The molecule has 2 aliphatic rings. The number of fused-ring (bicyclic) bond motifs is 2. The van der Waals surface area contributed by atoms with E-state index in [9.17, 15) is 14.7 Å². The van der Waals surface area contributed by atoms with Gasteiger partial charge in [-0.2, -0.15) is 0 Å². The van der Waals surface area contributed by atoms with Crippen LogP contribution < -0.4 is 0 Å². The third-order valence-corrected chi connectivity index (χ3v) is 5.74. The molecule has 6 nitrogen and oxygen atoms in total. The van der Waals surface area contributed by atoms with Crippen LogP contribution in [0, 0.1) is 11.3 Å². The predicted octanol–water partition coefficient (Wildman–Crippen LogP) is 2.14. The lowest BCUT2D eigenvalue weighted by Crippen LogP contribution is -2.37. The molecule has 0 unspecified atom stereocenters. The van der Waals surface area contributed by atoms with Gasteiger partial charge in [0.05, 0.1) is 22.8 Å². The van der Waals surface area contributed by atoms with Crippen LogP contribution >= 0.6 is 0 Å². The highest BCUT2D eigenvalue weighted by atomic mass is 16.4. The van der Waals surface area contributed by atoms with Gasteiger partial charge in [0.2, 0.25) is 5.91 Å². The van der Waals surface area contributed by atoms with E-state index >= 15 is 0 Å². The maximum absolute atomic E-state index is 12.6. The number of imidazole rings is 1. The minimum absolute atomic E-state index is 0.0443. The minimum atomic E-state index is -0.735. The first-order chi connectivity index (χ1) is 11.6. The van der Waals surface area contributed by atoms with Crippen LogP contribution in [-0.4, -0.2) is 44.5 Å². The van der Waals surface area contributed by atoms with Crippen molar-refractivity contribution in [3.8, 4) is 0 Å². The highest BCUT2D eigenvalue weighted by molar-refractivity contribution is 5.81. The van der Waals surface area contributed by atoms with Crippen molar-refractivity contribution in [3.63, 3.8) is 0 Å². The molecule has 2 aromatic rings. The van der Waals surface area contributed by atoms with Gasteiger partial charge >= 0.3 is 5.97 Å². The summed E-state index contributed by atoms with van der Waals surface area (Å²) in [6, 6.07) is 7.85. The van der Waals surface area contributed by atoms with Gasteiger partial charge in [-0.3, -0.25) is 9.59 Å². The van der Waals surface area contributed by atoms with Gasteiger partial charge in [0.1, 0.15) is 0 Å². The number of rotatable bonds is 4. The van der Waals surface area contributed by atoms with E-state index in [1.807, 2.05) is 28.8 Å². The van der Waals surface area contributed by atoms with Crippen molar-refractivity contribution in [3.05, 3.63) is 30.6 Å². The molecule has 0 bridgehead atoms. The second-order valence-corrected chi connectivity index (χ2v) is 7.00. The van der Waals surface area contributed by atoms with E-state index in [0.29, 0.717) is 32.5 Å². The highest BCUT2D eigenvalue weighted by Gasteiger charge is 2.55. The fourth-order valence-corrected chi connectivity index (χ4v) is 4.39. The lowest BCUT2D eigenvalue weighted by Gasteiger charge is -2.23. The minimum Gasteiger partial charge on any atom is -0.481 e. The number of aromatic nitrogens is 2. The number of hydrogen-bond donors (Lipinski definition) is 1. The Kier molecular flexibility index (Phi) is 3.55. The molecule has 6 heteroatoms. The van der Waals surface area contributed by atoms with Crippen molar-refractivity contribution in [2.45, 2.75) is 32.2 Å². The quantitative estimate of drug-likeness (QED) is 0.933. The van der Waals surface area contributed by atoms with Crippen LogP contribution in [0.25, 0.3) is 11.0 Å². The average Bonchev–Trinajstić information content (AvgIpc) is 3.25. The zero-order valence-electron chi connectivity index (χ0n) is 13.5. The fourth-order valence-electron chi connectivity index (χ4n) is 4.39. The molecule has 1 saturated carbocycles. The lowest BCUT2D eigenvalue weighted by atomic mass is 9.81. The molecule has 24 heavy (non-hydrogen) atoms. The number of carbonyl (C=O) groups is 2. The molecule has 1 aromatic carbocycles. The number of carboxylic acids is 1. The standard InChI is InChI=1S/C18H21N3O3/c22-16(7-9-20-12-19-14-5-1-2-6-15(14)20)21-10-13-4-3-8-18(13,11-21)17(23)24/h1-2,5-6,12-13H,3-4,7-11H2,(H,23,24)/t13-,18+/m0/s1. The number of aryl methyl sites for hydroxylation is 1. The van der Waals surface area contributed by atoms with Gasteiger partial charge in [-0.15, -0.1) is 0 Å². The van der Waals surface area contributed by atoms with E-state index in [4.69, 9.17) is 0 Å². The molecule has 1 saturated heterocycles. The Bertz CT molecular complexity index is 800. The van der Waals surface area contributed by atoms with Crippen LogP contribution in [-0.2, 0) is 16.1 Å². The molecule has 1 aliphatic heterocycles. The Morgan fingerprint density at radius 3 is 2.96 bits per heavy atom. The third kappa shape index (κ3) is 2.28. The Hall–Kier alpha value is -2.37. The SMILES string of the molecule is O=C(CCn1cnc2ccccc21)N1C[C@@H]2CCC[C@@]2(C(=O)O)C1. The monoisotopic (exact) mass is 327 g/mol. The average molecular weight is 327 g/mol. The molecule has 1 N–H and O–H groups in total.